The summed E-state index contributed by atoms with van der Waals surface area (Å²) < 4.78 is 0. The number of amides is 3. The van der Waals surface area contributed by atoms with Gasteiger partial charge in [-0.25, -0.2) is 4.98 Å². The average Bonchev–Trinajstić information content (AvgIpc) is 3.45. The first kappa shape index (κ1) is 22.6. The predicted octanol–water partition coefficient (Wildman–Crippen LogP) is 5.38. The van der Waals surface area contributed by atoms with Crippen LogP contribution in [-0.2, 0) is 0 Å². The van der Waals surface area contributed by atoms with Crippen molar-refractivity contribution in [3.8, 4) is 21.8 Å². The van der Waals surface area contributed by atoms with Gasteiger partial charge < -0.3 is 5.32 Å². The molecule has 0 atom stereocenters. The number of benzene rings is 2. The van der Waals surface area contributed by atoms with E-state index in [1.165, 1.54) is 22.3 Å². The predicted molar refractivity (Wildman–Crippen MR) is 135 cm³/mol. The third-order valence-electron chi connectivity index (χ3n) is 5.63. The van der Waals surface area contributed by atoms with E-state index in [1.807, 2.05) is 49.6 Å². The van der Waals surface area contributed by atoms with Gasteiger partial charge in [0.05, 0.1) is 16.8 Å². The highest BCUT2D eigenvalue weighted by atomic mass is 32.1. The van der Waals surface area contributed by atoms with Crippen LogP contribution in [0.4, 0.5) is 5.69 Å². The number of pyridine rings is 1. The molecule has 5 rings (SSSR count). The number of imide groups is 1. The number of aromatic nitrogens is 2. The first-order chi connectivity index (χ1) is 16.9. The lowest BCUT2D eigenvalue weighted by Crippen LogP contribution is -2.33. The summed E-state index contributed by atoms with van der Waals surface area (Å²) >= 11 is 1.54. The molecule has 3 heterocycles. The SMILES string of the molecule is CC(C)CN1C(=O)c2ccc(C(=O)Nc3cccc(-c4csc(-c5ccncc5)n4)c3)cc2C1=O. The Balaban J connectivity index is 1.35. The molecule has 0 bridgehead atoms. The molecule has 2 aromatic heterocycles. The van der Waals surface area contributed by atoms with Gasteiger partial charge in [0.2, 0.25) is 0 Å². The van der Waals surface area contributed by atoms with Crippen molar-refractivity contribution in [1.82, 2.24) is 14.9 Å². The molecule has 1 N–H and O–H groups in total. The second-order valence-electron chi connectivity index (χ2n) is 8.68. The number of hydrogen-bond donors (Lipinski definition) is 1. The molecule has 8 heteroatoms. The molecule has 0 saturated heterocycles. The standard InChI is InChI=1S/C27H22N4O3S/c1-16(2)14-31-26(33)21-7-6-19(13-22(21)27(31)34)24(32)29-20-5-3-4-18(12-20)23-15-35-25(30-23)17-8-10-28-11-9-17/h3-13,15-16H,14H2,1-2H3,(H,29,32). The topological polar surface area (TPSA) is 92.3 Å². The number of nitrogens with zero attached hydrogens (tertiary/aromatic N) is 3. The highest BCUT2D eigenvalue weighted by molar-refractivity contribution is 7.13. The van der Waals surface area contributed by atoms with E-state index >= 15 is 0 Å². The van der Waals surface area contributed by atoms with E-state index in [9.17, 15) is 14.4 Å². The largest absolute Gasteiger partial charge is 0.322 e. The number of carbonyl (C=O) groups is 3. The molecule has 0 fully saturated rings. The minimum atomic E-state index is -0.358. The van der Waals surface area contributed by atoms with Crippen LogP contribution in [0.15, 0.2) is 72.4 Å². The van der Waals surface area contributed by atoms with Gasteiger partial charge in [-0.15, -0.1) is 11.3 Å². The van der Waals surface area contributed by atoms with Crippen LogP contribution in [0, 0.1) is 5.92 Å². The number of fused-ring (bicyclic) bond motifs is 1. The van der Waals surface area contributed by atoms with E-state index in [0.29, 0.717) is 23.4 Å². The Hall–Kier alpha value is -4.17. The fraction of sp³-hybridized carbons (Fsp3) is 0.148. The lowest BCUT2D eigenvalue weighted by Gasteiger charge is -2.15. The molecule has 4 aromatic rings. The smallest absolute Gasteiger partial charge is 0.261 e. The Kier molecular flexibility index (Phi) is 5.96. The average molecular weight is 483 g/mol. The van der Waals surface area contributed by atoms with Gasteiger partial charge in [-0.3, -0.25) is 24.3 Å². The zero-order valence-corrected chi connectivity index (χ0v) is 20.0. The normalized spacial score (nSPS) is 12.8. The van der Waals surface area contributed by atoms with Crippen molar-refractivity contribution < 1.29 is 14.4 Å². The van der Waals surface area contributed by atoms with E-state index in [2.05, 4.69) is 10.3 Å². The summed E-state index contributed by atoms with van der Waals surface area (Å²) in [5, 5.41) is 5.75. The summed E-state index contributed by atoms with van der Waals surface area (Å²) in [4.78, 5) is 48.3. The van der Waals surface area contributed by atoms with E-state index < -0.39 is 0 Å². The third kappa shape index (κ3) is 4.48. The quantitative estimate of drug-likeness (QED) is 0.373. The van der Waals surface area contributed by atoms with Gasteiger partial charge in [0.15, 0.2) is 0 Å². The molecule has 1 aliphatic heterocycles. The van der Waals surface area contributed by atoms with Crippen molar-refractivity contribution in [2.75, 3.05) is 11.9 Å². The molecule has 0 unspecified atom stereocenters. The number of thiazole rings is 1. The molecule has 174 valence electrons. The Morgan fingerprint density at radius 3 is 2.51 bits per heavy atom. The Morgan fingerprint density at radius 2 is 1.74 bits per heavy atom. The molecular formula is C27H22N4O3S. The molecule has 0 spiro atoms. The van der Waals surface area contributed by atoms with Crippen LogP contribution >= 0.6 is 11.3 Å². The van der Waals surface area contributed by atoms with Gasteiger partial charge in [-0.2, -0.15) is 0 Å². The van der Waals surface area contributed by atoms with Crippen molar-refractivity contribution in [3.63, 3.8) is 0 Å². The van der Waals surface area contributed by atoms with Crippen molar-refractivity contribution >= 4 is 34.7 Å². The maximum atomic E-state index is 13.0. The molecule has 1 aliphatic rings. The fourth-order valence-corrected chi connectivity index (χ4v) is 4.79. The van der Waals surface area contributed by atoms with Crippen LogP contribution in [0.3, 0.4) is 0 Å². The van der Waals surface area contributed by atoms with Gasteiger partial charge in [0.25, 0.3) is 17.7 Å². The lowest BCUT2D eigenvalue weighted by atomic mass is 10.0. The maximum absolute atomic E-state index is 13.0. The molecule has 3 amide bonds. The second kappa shape index (κ2) is 9.23. The summed E-state index contributed by atoms with van der Waals surface area (Å²) in [6.07, 6.45) is 3.47. The van der Waals surface area contributed by atoms with Crippen molar-refractivity contribution in [1.29, 1.82) is 0 Å². The van der Waals surface area contributed by atoms with E-state index in [-0.39, 0.29) is 29.2 Å². The Labute approximate surface area is 206 Å². The molecule has 0 radical (unpaired) electrons. The zero-order chi connectivity index (χ0) is 24.5. The molecule has 0 aliphatic carbocycles. The van der Waals surface area contributed by atoms with Crippen LogP contribution in [0.1, 0.15) is 44.9 Å². The van der Waals surface area contributed by atoms with Gasteiger partial charge >= 0.3 is 0 Å². The highest BCUT2D eigenvalue weighted by Gasteiger charge is 2.36. The fourth-order valence-electron chi connectivity index (χ4n) is 3.96. The van der Waals surface area contributed by atoms with E-state index in [0.717, 1.165) is 21.8 Å². The van der Waals surface area contributed by atoms with E-state index in [4.69, 9.17) is 4.98 Å². The summed E-state index contributed by atoms with van der Waals surface area (Å²) in [5.41, 5.74) is 4.21. The third-order valence-corrected chi connectivity index (χ3v) is 6.52. The number of rotatable bonds is 6. The number of anilines is 1. The number of nitrogens with one attached hydrogen (secondary N) is 1. The van der Waals surface area contributed by atoms with Gasteiger partial charge in [0.1, 0.15) is 5.01 Å². The van der Waals surface area contributed by atoms with Crippen LogP contribution < -0.4 is 5.32 Å². The highest BCUT2D eigenvalue weighted by Crippen LogP contribution is 2.30. The monoisotopic (exact) mass is 482 g/mol. The van der Waals surface area contributed by atoms with Gasteiger partial charge in [0, 0.05) is 46.7 Å². The van der Waals surface area contributed by atoms with E-state index in [1.54, 1.807) is 30.6 Å². The molecule has 7 nitrogen and oxygen atoms in total. The van der Waals surface area contributed by atoms with Gasteiger partial charge in [-0.1, -0.05) is 26.0 Å². The molecule has 35 heavy (non-hydrogen) atoms. The molecule has 0 saturated carbocycles. The van der Waals surface area contributed by atoms with Crippen molar-refractivity contribution in [3.05, 3.63) is 89.1 Å². The zero-order valence-electron chi connectivity index (χ0n) is 19.2. The second-order valence-corrected chi connectivity index (χ2v) is 9.54. The Morgan fingerprint density at radius 1 is 0.971 bits per heavy atom. The molecular weight excluding hydrogens is 460 g/mol. The number of hydrogen-bond acceptors (Lipinski definition) is 6. The first-order valence-corrected chi connectivity index (χ1v) is 12.1. The minimum absolute atomic E-state index is 0.158. The van der Waals surface area contributed by atoms with Gasteiger partial charge in [-0.05, 0) is 48.4 Å². The first-order valence-electron chi connectivity index (χ1n) is 11.2. The summed E-state index contributed by atoms with van der Waals surface area (Å²) in [6, 6.07) is 15.9. The summed E-state index contributed by atoms with van der Waals surface area (Å²) in [6.45, 7) is 4.24. The summed E-state index contributed by atoms with van der Waals surface area (Å²) in [5.74, 6) is -0.870. The van der Waals surface area contributed by atoms with Crippen LogP contribution in [0.25, 0.3) is 21.8 Å². The van der Waals surface area contributed by atoms with Crippen LogP contribution in [0.2, 0.25) is 0 Å². The minimum Gasteiger partial charge on any atom is -0.322 e. The van der Waals surface area contributed by atoms with Crippen molar-refractivity contribution in [2.45, 2.75) is 13.8 Å². The molecule has 2 aromatic carbocycles. The lowest BCUT2D eigenvalue weighted by molar-refractivity contribution is 0.0636. The number of carbonyl (C=O) groups excluding carboxylic acids is 3. The van der Waals surface area contributed by atoms with Crippen molar-refractivity contribution in [2.24, 2.45) is 5.92 Å². The summed E-state index contributed by atoms with van der Waals surface area (Å²) in [7, 11) is 0. The Bertz CT molecular complexity index is 1450. The van der Waals surface area contributed by atoms with Crippen LogP contribution in [0.5, 0.6) is 0 Å². The maximum Gasteiger partial charge on any atom is 0.261 e. The van der Waals surface area contributed by atoms with Crippen LogP contribution in [-0.4, -0.2) is 39.1 Å².